The summed E-state index contributed by atoms with van der Waals surface area (Å²) >= 11 is 0. The van der Waals surface area contributed by atoms with Crippen molar-refractivity contribution in [3.05, 3.63) is 42.1 Å². The number of benzene rings is 1. The Bertz CT molecular complexity index is 836. The van der Waals surface area contributed by atoms with Crippen molar-refractivity contribution in [1.29, 1.82) is 0 Å². The Morgan fingerprint density at radius 3 is 2.62 bits per heavy atom. The number of ether oxygens (including phenoxy) is 1. The molecule has 1 unspecified atom stereocenters. The van der Waals surface area contributed by atoms with Crippen LogP contribution in [0.5, 0.6) is 0 Å². The van der Waals surface area contributed by atoms with E-state index in [1.165, 1.54) is 25.9 Å². The summed E-state index contributed by atoms with van der Waals surface area (Å²) in [4.78, 5) is 17.6. The number of nitrogens with zero attached hydrogens (tertiary/aromatic N) is 3. The lowest BCUT2D eigenvalue weighted by atomic mass is 9.82. The van der Waals surface area contributed by atoms with Gasteiger partial charge < -0.3 is 14.5 Å². The number of piperidine rings is 1. The van der Waals surface area contributed by atoms with E-state index in [4.69, 9.17) is 4.74 Å². The fraction of sp³-hybridized carbons (Fsp3) is 0.565. The Hall–Kier alpha value is -2.18. The second-order valence-corrected chi connectivity index (χ2v) is 8.75. The van der Waals surface area contributed by atoms with Gasteiger partial charge in [-0.3, -0.25) is 9.89 Å². The normalized spacial score (nSPS) is 24.8. The third kappa shape index (κ3) is 3.83. The first-order valence-corrected chi connectivity index (χ1v) is 11.0. The molecule has 0 aliphatic carbocycles. The zero-order chi connectivity index (χ0) is 19.7. The van der Waals surface area contributed by atoms with E-state index >= 15 is 0 Å². The minimum atomic E-state index is -0.0362. The Labute approximate surface area is 172 Å². The van der Waals surface area contributed by atoms with Gasteiger partial charge in [-0.1, -0.05) is 30.3 Å². The van der Waals surface area contributed by atoms with Gasteiger partial charge in [0.2, 0.25) is 0 Å². The van der Waals surface area contributed by atoms with Crippen LogP contribution in [0.25, 0.3) is 11.3 Å². The molecule has 3 saturated heterocycles. The van der Waals surface area contributed by atoms with Crippen molar-refractivity contribution < 1.29 is 9.53 Å². The summed E-state index contributed by atoms with van der Waals surface area (Å²) in [6.45, 7) is 4.86. The summed E-state index contributed by atoms with van der Waals surface area (Å²) in [5.41, 5.74) is 2.36. The van der Waals surface area contributed by atoms with Crippen molar-refractivity contribution in [2.24, 2.45) is 0 Å². The molecule has 0 saturated carbocycles. The van der Waals surface area contributed by atoms with E-state index in [9.17, 15) is 4.79 Å². The molecule has 0 radical (unpaired) electrons. The first-order valence-electron chi connectivity index (χ1n) is 11.0. The van der Waals surface area contributed by atoms with Crippen molar-refractivity contribution in [2.45, 2.75) is 50.2 Å². The van der Waals surface area contributed by atoms with E-state index in [1.807, 2.05) is 41.3 Å². The van der Waals surface area contributed by atoms with Gasteiger partial charge in [0.1, 0.15) is 5.69 Å². The third-order valence-electron chi connectivity index (χ3n) is 6.96. The van der Waals surface area contributed by atoms with Crippen LogP contribution in [0.15, 0.2) is 36.4 Å². The van der Waals surface area contributed by atoms with Crippen molar-refractivity contribution in [3.63, 3.8) is 0 Å². The van der Waals surface area contributed by atoms with Crippen LogP contribution in [-0.4, -0.2) is 70.3 Å². The first-order chi connectivity index (χ1) is 14.2. The number of H-pyrrole nitrogens is 1. The van der Waals surface area contributed by atoms with Gasteiger partial charge in [0, 0.05) is 31.3 Å². The number of carbonyl (C=O) groups excluding carboxylic acids is 1. The number of amides is 1. The largest absolute Gasteiger partial charge is 0.375 e. The lowest BCUT2D eigenvalue weighted by Gasteiger charge is -2.47. The molecular weight excluding hydrogens is 364 g/mol. The SMILES string of the molecule is O=C(c1cc(-c2ccccc2)n[nH]1)N1CCC2(CC1)CC(N1CCCC1)CCO2. The first kappa shape index (κ1) is 18.8. The fourth-order valence-electron chi connectivity index (χ4n) is 5.24. The average molecular weight is 395 g/mol. The van der Waals surface area contributed by atoms with E-state index < -0.39 is 0 Å². The van der Waals surface area contributed by atoms with Gasteiger partial charge in [0.15, 0.2) is 0 Å². The highest BCUT2D eigenvalue weighted by molar-refractivity contribution is 5.93. The quantitative estimate of drug-likeness (QED) is 0.868. The molecular formula is C23H30N4O2. The number of carbonyl (C=O) groups is 1. The van der Waals surface area contributed by atoms with Crippen LogP contribution in [0.3, 0.4) is 0 Å². The fourth-order valence-corrected chi connectivity index (χ4v) is 5.24. The molecule has 1 aromatic heterocycles. The Morgan fingerprint density at radius 2 is 1.86 bits per heavy atom. The Morgan fingerprint density at radius 1 is 1.10 bits per heavy atom. The molecule has 1 spiro atoms. The summed E-state index contributed by atoms with van der Waals surface area (Å²) in [5.74, 6) is 0.0430. The van der Waals surface area contributed by atoms with Gasteiger partial charge >= 0.3 is 0 Å². The van der Waals surface area contributed by atoms with Gasteiger partial charge in [0.25, 0.3) is 5.91 Å². The standard InChI is InChI=1S/C23H30N4O2/c28-22(21-16-20(24-25-21)18-6-2-1-3-7-18)27-13-9-23(10-14-27)17-19(8-15-29-23)26-11-4-5-12-26/h1-3,6-7,16,19H,4-5,8-15,17H2,(H,24,25). The van der Waals surface area contributed by atoms with Gasteiger partial charge in [-0.15, -0.1) is 0 Å². The zero-order valence-corrected chi connectivity index (χ0v) is 17.0. The maximum absolute atomic E-state index is 13.0. The van der Waals surface area contributed by atoms with Gasteiger partial charge in [0.05, 0.1) is 11.3 Å². The van der Waals surface area contributed by atoms with Crippen molar-refractivity contribution in [1.82, 2.24) is 20.0 Å². The van der Waals surface area contributed by atoms with Crippen molar-refractivity contribution >= 4 is 5.91 Å². The lowest BCUT2D eigenvalue weighted by Crippen LogP contribution is -2.54. The number of aromatic nitrogens is 2. The number of nitrogens with one attached hydrogen (secondary N) is 1. The highest BCUT2D eigenvalue weighted by atomic mass is 16.5. The van der Waals surface area contributed by atoms with Crippen LogP contribution >= 0.6 is 0 Å². The molecule has 29 heavy (non-hydrogen) atoms. The number of likely N-dealkylation sites (tertiary alicyclic amines) is 2. The number of hydrogen-bond acceptors (Lipinski definition) is 4. The molecule has 0 bridgehead atoms. The lowest BCUT2D eigenvalue weighted by molar-refractivity contribution is -0.128. The molecule has 6 heteroatoms. The summed E-state index contributed by atoms with van der Waals surface area (Å²) in [7, 11) is 0. The van der Waals surface area contributed by atoms with Crippen molar-refractivity contribution in [3.8, 4) is 11.3 Å². The molecule has 1 N–H and O–H groups in total. The molecule has 1 aromatic carbocycles. The molecule has 3 aliphatic heterocycles. The summed E-state index contributed by atoms with van der Waals surface area (Å²) in [5, 5.41) is 7.27. The molecule has 2 aromatic rings. The van der Waals surface area contributed by atoms with Gasteiger partial charge in [-0.05, 0) is 57.7 Å². The summed E-state index contributed by atoms with van der Waals surface area (Å²) in [6, 6.07) is 12.5. The summed E-state index contributed by atoms with van der Waals surface area (Å²) < 4.78 is 6.31. The van der Waals surface area contributed by atoms with Crippen molar-refractivity contribution in [2.75, 3.05) is 32.8 Å². The maximum Gasteiger partial charge on any atom is 0.271 e. The zero-order valence-electron chi connectivity index (χ0n) is 17.0. The molecule has 1 atom stereocenters. The molecule has 5 rings (SSSR count). The molecule has 3 fully saturated rings. The van der Waals surface area contributed by atoms with Crippen LogP contribution in [0.4, 0.5) is 0 Å². The number of aromatic amines is 1. The molecule has 6 nitrogen and oxygen atoms in total. The monoisotopic (exact) mass is 394 g/mol. The van der Waals surface area contributed by atoms with Crippen LogP contribution in [0.1, 0.15) is 49.0 Å². The smallest absolute Gasteiger partial charge is 0.271 e. The predicted octanol–water partition coefficient (Wildman–Crippen LogP) is 3.33. The Kier molecular flexibility index (Phi) is 5.14. The molecule has 1 amide bonds. The summed E-state index contributed by atoms with van der Waals surface area (Å²) in [6.07, 6.45) is 6.81. The highest BCUT2D eigenvalue weighted by Gasteiger charge is 2.43. The Balaban J connectivity index is 1.21. The van der Waals surface area contributed by atoms with E-state index in [1.54, 1.807) is 0 Å². The molecule has 154 valence electrons. The number of hydrogen-bond donors (Lipinski definition) is 1. The van der Waals surface area contributed by atoms with E-state index in [-0.39, 0.29) is 11.5 Å². The highest BCUT2D eigenvalue weighted by Crippen LogP contribution is 2.37. The maximum atomic E-state index is 13.0. The van der Waals surface area contributed by atoms with Crippen LogP contribution in [-0.2, 0) is 4.74 Å². The number of rotatable bonds is 3. The minimum absolute atomic E-state index is 0.0362. The predicted molar refractivity (Wildman–Crippen MR) is 112 cm³/mol. The second kappa shape index (κ2) is 7.92. The topological polar surface area (TPSA) is 61.5 Å². The van der Waals surface area contributed by atoms with Crippen LogP contribution in [0.2, 0.25) is 0 Å². The molecule has 3 aliphatic rings. The van der Waals surface area contributed by atoms with E-state index in [0.717, 1.165) is 56.6 Å². The molecule has 4 heterocycles. The van der Waals surface area contributed by atoms with Gasteiger partial charge in [-0.25, -0.2) is 0 Å². The second-order valence-electron chi connectivity index (χ2n) is 8.75. The van der Waals surface area contributed by atoms with Gasteiger partial charge in [-0.2, -0.15) is 5.10 Å². The van der Waals surface area contributed by atoms with E-state index in [0.29, 0.717) is 11.7 Å². The third-order valence-corrected chi connectivity index (χ3v) is 6.96. The van der Waals surface area contributed by atoms with Crippen LogP contribution in [0, 0.1) is 0 Å². The van der Waals surface area contributed by atoms with Crippen LogP contribution < -0.4 is 0 Å². The van der Waals surface area contributed by atoms with E-state index in [2.05, 4.69) is 15.1 Å². The minimum Gasteiger partial charge on any atom is -0.375 e. The average Bonchev–Trinajstić information content (AvgIpc) is 3.47.